The lowest BCUT2D eigenvalue weighted by Crippen LogP contribution is -2.45. The van der Waals surface area contributed by atoms with Crippen LogP contribution < -0.4 is 20.9 Å². The van der Waals surface area contributed by atoms with Crippen LogP contribution in [0.4, 0.5) is 5.69 Å². The molecule has 1 aromatic carbocycles. The predicted molar refractivity (Wildman–Crippen MR) is 115 cm³/mol. The zero-order chi connectivity index (χ0) is 19.8. The number of carbonyl (C=O) groups excluding carboxylic acids is 1. The number of guanidine groups is 1. The van der Waals surface area contributed by atoms with Gasteiger partial charge in [0.05, 0.1) is 18.5 Å². The molecular formula is C20H26BrN5O2. The van der Waals surface area contributed by atoms with Crippen molar-refractivity contribution < 1.29 is 9.21 Å². The molecular weight excluding hydrogens is 422 g/mol. The van der Waals surface area contributed by atoms with Gasteiger partial charge >= 0.3 is 0 Å². The molecule has 1 aliphatic rings. The number of aliphatic imine (C=N–C) groups is 1. The van der Waals surface area contributed by atoms with Crippen LogP contribution in [0.2, 0.25) is 0 Å². The first-order chi connectivity index (χ1) is 13.7. The molecule has 7 nitrogen and oxygen atoms in total. The van der Waals surface area contributed by atoms with Gasteiger partial charge in [0.2, 0.25) is 0 Å². The third kappa shape index (κ3) is 5.51. The number of hydrogen-bond acceptors (Lipinski definition) is 4. The van der Waals surface area contributed by atoms with Crippen LogP contribution in [0.5, 0.6) is 0 Å². The van der Waals surface area contributed by atoms with Crippen LogP contribution in [-0.4, -0.2) is 50.6 Å². The molecule has 1 atom stereocenters. The fourth-order valence-corrected chi connectivity index (χ4v) is 3.69. The number of halogens is 1. The Morgan fingerprint density at radius 1 is 1.29 bits per heavy atom. The van der Waals surface area contributed by atoms with Gasteiger partial charge in [0.25, 0.3) is 5.91 Å². The van der Waals surface area contributed by atoms with E-state index in [9.17, 15) is 4.79 Å². The molecule has 8 heteroatoms. The van der Waals surface area contributed by atoms with Gasteiger partial charge in [-0.05, 0) is 53.5 Å². The van der Waals surface area contributed by atoms with Crippen LogP contribution >= 0.6 is 15.9 Å². The zero-order valence-corrected chi connectivity index (χ0v) is 17.5. The molecule has 2 heterocycles. The Bertz CT molecular complexity index is 794. The minimum atomic E-state index is -0.224. The summed E-state index contributed by atoms with van der Waals surface area (Å²) in [6.07, 6.45) is 2.53. The summed E-state index contributed by atoms with van der Waals surface area (Å²) in [5.41, 5.74) is 1.22. The van der Waals surface area contributed by atoms with Crippen LogP contribution in [0, 0.1) is 0 Å². The molecule has 1 amide bonds. The number of benzene rings is 1. The molecule has 3 N–H and O–H groups in total. The number of rotatable bonds is 7. The number of anilines is 1. The van der Waals surface area contributed by atoms with E-state index >= 15 is 0 Å². The number of nitrogens with zero attached hydrogens (tertiary/aromatic N) is 2. The van der Waals surface area contributed by atoms with Crippen LogP contribution in [0.3, 0.4) is 0 Å². The maximum atomic E-state index is 11.9. The summed E-state index contributed by atoms with van der Waals surface area (Å²) in [6, 6.07) is 11.9. The number of hydrogen-bond donors (Lipinski definition) is 3. The van der Waals surface area contributed by atoms with Gasteiger partial charge in [-0.25, -0.2) is 0 Å². The van der Waals surface area contributed by atoms with Gasteiger partial charge in [-0.3, -0.25) is 9.79 Å². The number of nitrogens with one attached hydrogen (secondary N) is 3. The lowest BCUT2D eigenvalue weighted by atomic mass is 10.3. The molecule has 28 heavy (non-hydrogen) atoms. The Morgan fingerprint density at radius 3 is 2.89 bits per heavy atom. The fourth-order valence-electron chi connectivity index (χ4n) is 3.15. The average molecular weight is 448 g/mol. The third-order valence-electron chi connectivity index (χ3n) is 4.48. The van der Waals surface area contributed by atoms with E-state index in [0.29, 0.717) is 24.9 Å². The summed E-state index contributed by atoms with van der Waals surface area (Å²) < 4.78 is 6.19. The monoisotopic (exact) mass is 447 g/mol. The van der Waals surface area contributed by atoms with Crippen molar-refractivity contribution in [1.29, 1.82) is 0 Å². The summed E-state index contributed by atoms with van der Waals surface area (Å²) in [4.78, 5) is 18.8. The van der Waals surface area contributed by atoms with E-state index in [1.54, 1.807) is 12.1 Å². The molecule has 1 fully saturated rings. The molecule has 1 unspecified atom stereocenters. The number of amides is 1. The fraction of sp³-hybridized carbons (Fsp3) is 0.400. The molecule has 2 aromatic rings. The van der Waals surface area contributed by atoms with E-state index in [4.69, 9.17) is 4.42 Å². The quantitative estimate of drug-likeness (QED) is 0.345. The van der Waals surface area contributed by atoms with E-state index in [2.05, 4.69) is 60.0 Å². The van der Waals surface area contributed by atoms with Gasteiger partial charge in [-0.15, -0.1) is 0 Å². The van der Waals surface area contributed by atoms with E-state index in [-0.39, 0.29) is 5.91 Å². The molecule has 0 bridgehead atoms. The Kier molecular flexibility index (Phi) is 7.36. The molecule has 1 saturated heterocycles. The molecule has 0 saturated carbocycles. The van der Waals surface area contributed by atoms with E-state index < -0.39 is 0 Å². The smallest absolute Gasteiger partial charge is 0.287 e. The van der Waals surface area contributed by atoms with Crippen LogP contribution in [0.15, 0.2) is 56.5 Å². The normalized spacial score (nSPS) is 16.9. The number of furan rings is 1. The van der Waals surface area contributed by atoms with Gasteiger partial charge < -0.3 is 25.3 Å². The first-order valence-corrected chi connectivity index (χ1v) is 10.3. The van der Waals surface area contributed by atoms with Crippen molar-refractivity contribution in [1.82, 2.24) is 16.0 Å². The lowest BCUT2D eigenvalue weighted by molar-refractivity contribution is 0.0927. The molecule has 3 rings (SSSR count). The maximum Gasteiger partial charge on any atom is 0.287 e. The highest BCUT2D eigenvalue weighted by atomic mass is 79.9. The third-order valence-corrected chi connectivity index (χ3v) is 5.15. The predicted octanol–water partition coefficient (Wildman–Crippen LogP) is 2.61. The first kappa shape index (κ1) is 20.3. The van der Waals surface area contributed by atoms with E-state index in [0.717, 1.165) is 36.5 Å². The topological polar surface area (TPSA) is 81.9 Å². The van der Waals surface area contributed by atoms with Gasteiger partial charge in [0.1, 0.15) is 0 Å². The largest absolute Gasteiger partial charge is 0.459 e. The molecule has 150 valence electrons. The Labute approximate surface area is 173 Å². The highest BCUT2D eigenvalue weighted by Gasteiger charge is 2.24. The summed E-state index contributed by atoms with van der Waals surface area (Å²) in [7, 11) is 0. The number of para-hydroxylation sites is 1. The Balaban J connectivity index is 1.48. The van der Waals surface area contributed by atoms with Crippen molar-refractivity contribution in [3.05, 3.63) is 52.9 Å². The Morgan fingerprint density at radius 2 is 2.14 bits per heavy atom. The second-order valence-corrected chi connectivity index (χ2v) is 7.38. The van der Waals surface area contributed by atoms with Gasteiger partial charge in [-0.2, -0.15) is 0 Å². The van der Waals surface area contributed by atoms with Crippen molar-refractivity contribution in [2.75, 3.05) is 37.6 Å². The van der Waals surface area contributed by atoms with Crippen molar-refractivity contribution >= 4 is 33.5 Å². The summed E-state index contributed by atoms with van der Waals surface area (Å²) >= 11 is 3.63. The first-order valence-electron chi connectivity index (χ1n) is 9.53. The van der Waals surface area contributed by atoms with E-state index in [1.165, 1.54) is 12.0 Å². The molecule has 0 radical (unpaired) electrons. The Hall–Kier alpha value is -2.48. The lowest BCUT2D eigenvalue weighted by Gasteiger charge is -2.21. The minimum Gasteiger partial charge on any atom is -0.459 e. The van der Waals surface area contributed by atoms with Gasteiger partial charge in [-0.1, -0.05) is 12.1 Å². The SMILES string of the molecule is CCNC(=NCCNC(=O)c1ccco1)NC1CCN(c2ccccc2Br)C1. The second kappa shape index (κ2) is 10.2. The van der Waals surface area contributed by atoms with Gasteiger partial charge in [0.15, 0.2) is 11.7 Å². The van der Waals surface area contributed by atoms with Crippen molar-refractivity contribution in [2.24, 2.45) is 4.99 Å². The second-order valence-electron chi connectivity index (χ2n) is 6.52. The maximum absolute atomic E-state index is 11.9. The van der Waals surface area contributed by atoms with Crippen molar-refractivity contribution in [2.45, 2.75) is 19.4 Å². The molecule has 1 aliphatic heterocycles. The summed E-state index contributed by atoms with van der Waals surface area (Å²) in [5.74, 6) is 0.860. The van der Waals surface area contributed by atoms with Crippen LogP contribution in [0.1, 0.15) is 23.9 Å². The highest BCUT2D eigenvalue weighted by molar-refractivity contribution is 9.10. The molecule has 1 aromatic heterocycles. The standard InChI is InChI=1S/C20H26BrN5O2/c1-2-22-20(24-11-10-23-19(27)18-8-5-13-28-18)25-15-9-12-26(14-15)17-7-4-3-6-16(17)21/h3-8,13,15H,2,9-12,14H2,1H3,(H,23,27)(H2,22,24,25). The molecule has 0 aliphatic carbocycles. The highest BCUT2D eigenvalue weighted by Crippen LogP contribution is 2.28. The van der Waals surface area contributed by atoms with Crippen molar-refractivity contribution in [3.8, 4) is 0 Å². The van der Waals surface area contributed by atoms with Gasteiger partial charge in [0, 0.05) is 36.7 Å². The zero-order valence-electron chi connectivity index (χ0n) is 16.0. The average Bonchev–Trinajstić information content (AvgIpc) is 3.38. The van der Waals surface area contributed by atoms with Crippen LogP contribution in [0.25, 0.3) is 0 Å². The summed E-state index contributed by atoms with van der Waals surface area (Å²) in [5, 5.41) is 9.58. The van der Waals surface area contributed by atoms with Crippen molar-refractivity contribution in [3.63, 3.8) is 0 Å². The summed E-state index contributed by atoms with van der Waals surface area (Å²) in [6.45, 7) is 5.68. The number of carbonyl (C=O) groups is 1. The van der Waals surface area contributed by atoms with E-state index in [1.807, 2.05) is 13.0 Å². The molecule has 0 spiro atoms. The minimum absolute atomic E-state index is 0.224. The van der Waals surface area contributed by atoms with Crippen LogP contribution in [-0.2, 0) is 0 Å².